The van der Waals surface area contributed by atoms with Crippen LogP contribution >= 0.6 is 22.6 Å². The van der Waals surface area contributed by atoms with Crippen LogP contribution in [0.25, 0.3) is 0 Å². The van der Waals surface area contributed by atoms with Crippen LogP contribution in [0.5, 0.6) is 11.5 Å². The summed E-state index contributed by atoms with van der Waals surface area (Å²) in [6.07, 6.45) is 0. The summed E-state index contributed by atoms with van der Waals surface area (Å²) >= 11 is 2.09. The van der Waals surface area contributed by atoms with Crippen molar-refractivity contribution in [1.29, 1.82) is 0 Å². The van der Waals surface area contributed by atoms with Crippen molar-refractivity contribution >= 4 is 39.9 Å². The lowest BCUT2D eigenvalue weighted by Crippen LogP contribution is -2.13. The Labute approximate surface area is 187 Å². The number of non-ortho nitro benzene ring substituents is 1. The summed E-state index contributed by atoms with van der Waals surface area (Å²) in [7, 11) is 0. The molecule has 0 saturated heterocycles. The molecule has 1 N–H and O–H groups in total. The van der Waals surface area contributed by atoms with Crippen LogP contribution in [0, 0.1) is 13.7 Å². The fraction of sp³-hybridized carbons (Fsp3) is 0.136. The van der Waals surface area contributed by atoms with Gasteiger partial charge in [0.25, 0.3) is 11.6 Å². The second-order valence-corrected chi connectivity index (χ2v) is 7.42. The minimum atomic E-state index is -0.509. The van der Waals surface area contributed by atoms with E-state index in [1.54, 1.807) is 18.2 Å². The number of nitrogens with zero attached hydrogens (tertiary/aromatic N) is 1. The highest BCUT2D eigenvalue weighted by Gasteiger charge is 2.17. The maximum absolute atomic E-state index is 12.8. The first kappa shape index (κ1) is 21.6. The van der Waals surface area contributed by atoms with Crippen molar-refractivity contribution < 1.29 is 19.2 Å². The van der Waals surface area contributed by atoms with E-state index in [9.17, 15) is 14.9 Å². The van der Waals surface area contributed by atoms with Gasteiger partial charge in [0.05, 0.1) is 15.1 Å². The van der Waals surface area contributed by atoms with Crippen molar-refractivity contribution in [2.75, 3.05) is 11.9 Å². The van der Waals surface area contributed by atoms with E-state index in [0.717, 1.165) is 9.13 Å². The lowest BCUT2D eigenvalue weighted by Gasteiger charge is -2.15. The lowest BCUT2D eigenvalue weighted by atomic mass is 10.1. The van der Waals surface area contributed by atoms with Gasteiger partial charge in [0, 0.05) is 23.4 Å². The molecule has 0 saturated carbocycles. The SMILES string of the molecule is CCOc1c(I)cc(C(=O)Nc2cccc([N+](=O)[O-])c2)cc1OCc1ccccc1. The fourth-order valence-electron chi connectivity index (χ4n) is 2.73. The Kier molecular flexibility index (Phi) is 7.23. The largest absolute Gasteiger partial charge is 0.489 e. The summed E-state index contributed by atoms with van der Waals surface area (Å²) in [5.74, 6) is 0.624. The van der Waals surface area contributed by atoms with Crippen LogP contribution in [0.4, 0.5) is 11.4 Å². The molecule has 0 bridgehead atoms. The highest BCUT2D eigenvalue weighted by Crippen LogP contribution is 2.35. The smallest absolute Gasteiger partial charge is 0.271 e. The van der Waals surface area contributed by atoms with E-state index in [0.29, 0.717) is 36.0 Å². The molecule has 0 heterocycles. The quantitative estimate of drug-likeness (QED) is 0.244. The Balaban J connectivity index is 1.85. The van der Waals surface area contributed by atoms with E-state index in [1.807, 2.05) is 37.3 Å². The molecule has 154 valence electrons. The van der Waals surface area contributed by atoms with Gasteiger partial charge in [-0.15, -0.1) is 0 Å². The van der Waals surface area contributed by atoms with Gasteiger partial charge in [-0.2, -0.15) is 0 Å². The zero-order valence-electron chi connectivity index (χ0n) is 16.1. The lowest BCUT2D eigenvalue weighted by molar-refractivity contribution is -0.384. The second-order valence-electron chi connectivity index (χ2n) is 6.25. The minimum absolute atomic E-state index is 0.0963. The summed E-state index contributed by atoms with van der Waals surface area (Å²) in [6, 6.07) is 18.8. The van der Waals surface area contributed by atoms with Crippen molar-refractivity contribution in [3.8, 4) is 11.5 Å². The first-order valence-electron chi connectivity index (χ1n) is 9.16. The van der Waals surface area contributed by atoms with Gasteiger partial charge in [-0.3, -0.25) is 14.9 Å². The van der Waals surface area contributed by atoms with Crippen LogP contribution in [0.15, 0.2) is 66.7 Å². The first-order valence-corrected chi connectivity index (χ1v) is 10.2. The van der Waals surface area contributed by atoms with Crippen molar-refractivity contribution in [1.82, 2.24) is 0 Å². The van der Waals surface area contributed by atoms with Gasteiger partial charge < -0.3 is 14.8 Å². The predicted octanol–water partition coefficient (Wildman–Crippen LogP) is 5.43. The van der Waals surface area contributed by atoms with Crippen LogP contribution in [0.3, 0.4) is 0 Å². The molecule has 0 atom stereocenters. The number of nitrogens with one attached hydrogen (secondary N) is 1. The number of ether oxygens (including phenoxy) is 2. The van der Waals surface area contributed by atoms with E-state index in [-0.39, 0.29) is 5.69 Å². The average Bonchev–Trinajstić information content (AvgIpc) is 2.75. The number of anilines is 1. The van der Waals surface area contributed by atoms with Crippen molar-refractivity contribution in [2.45, 2.75) is 13.5 Å². The van der Waals surface area contributed by atoms with Crippen LogP contribution in [0.1, 0.15) is 22.8 Å². The number of rotatable bonds is 8. The van der Waals surface area contributed by atoms with Gasteiger partial charge in [-0.1, -0.05) is 36.4 Å². The first-order chi connectivity index (χ1) is 14.5. The summed E-state index contributed by atoms with van der Waals surface area (Å²) < 4.78 is 12.4. The van der Waals surface area contributed by atoms with Crippen molar-refractivity contribution in [3.63, 3.8) is 0 Å². The molecule has 8 heteroatoms. The molecule has 0 aliphatic rings. The number of carbonyl (C=O) groups is 1. The summed E-state index contributed by atoms with van der Waals surface area (Å²) in [5.41, 5.74) is 1.59. The molecule has 0 spiro atoms. The molecule has 3 rings (SSSR count). The third-order valence-electron chi connectivity index (χ3n) is 4.11. The summed E-state index contributed by atoms with van der Waals surface area (Å²) in [4.78, 5) is 23.2. The Hall–Kier alpha value is -3.14. The van der Waals surface area contributed by atoms with Crippen molar-refractivity contribution in [3.05, 3.63) is 91.5 Å². The molecule has 7 nitrogen and oxygen atoms in total. The maximum Gasteiger partial charge on any atom is 0.271 e. The number of amides is 1. The number of hydrogen-bond donors (Lipinski definition) is 1. The minimum Gasteiger partial charge on any atom is -0.489 e. The molecule has 1 amide bonds. The number of nitro groups is 1. The van der Waals surface area contributed by atoms with Gasteiger partial charge in [0.1, 0.15) is 6.61 Å². The van der Waals surface area contributed by atoms with Crippen LogP contribution in [-0.2, 0) is 6.61 Å². The van der Waals surface area contributed by atoms with E-state index >= 15 is 0 Å². The monoisotopic (exact) mass is 518 g/mol. The molecular weight excluding hydrogens is 499 g/mol. The Bertz CT molecular complexity index is 1060. The van der Waals surface area contributed by atoms with Gasteiger partial charge >= 0.3 is 0 Å². The molecule has 30 heavy (non-hydrogen) atoms. The predicted molar refractivity (Wildman–Crippen MR) is 122 cm³/mol. The Morgan fingerprint density at radius 1 is 1.07 bits per heavy atom. The number of nitro benzene ring substituents is 1. The van der Waals surface area contributed by atoms with E-state index < -0.39 is 10.8 Å². The molecule has 3 aromatic carbocycles. The van der Waals surface area contributed by atoms with E-state index in [4.69, 9.17) is 9.47 Å². The van der Waals surface area contributed by atoms with Crippen molar-refractivity contribution in [2.24, 2.45) is 0 Å². The molecule has 0 aliphatic heterocycles. The summed E-state index contributed by atoms with van der Waals surface area (Å²) in [5, 5.41) is 13.6. The van der Waals surface area contributed by atoms with Gasteiger partial charge in [-0.05, 0) is 53.3 Å². The van der Waals surface area contributed by atoms with Crippen LogP contribution < -0.4 is 14.8 Å². The Morgan fingerprint density at radius 3 is 2.53 bits per heavy atom. The second kappa shape index (κ2) is 10.1. The Morgan fingerprint density at radius 2 is 1.83 bits per heavy atom. The summed E-state index contributed by atoms with van der Waals surface area (Å²) in [6.45, 7) is 2.66. The third-order valence-corrected chi connectivity index (χ3v) is 4.91. The number of hydrogen-bond acceptors (Lipinski definition) is 5. The topological polar surface area (TPSA) is 90.7 Å². The normalized spacial score (nSPS) is 10.3. The maximum atomic E-state index is 12.8. The van der Waals surface area contributed by atoms with Crippen LogP contribution in [0.2, 0.25) is 0 Å². The number of halogens is 1. The molecule has 0 aliphatic carbocycles. The number of carbonyl (C=O) groups excluding carboxylic acids is 1. The van der Waals surface area contributed by atoms with Crippen LogP contribution in [-0.4, -0.2) is 17.4 Å². The molecular formula is C22H19IN2O5. The highest BCUT2D eigenvalue weighted by molar-refractivity contribution is 14.1. The number of benzene rings is 3. The molecule has 0 unspecified atom stereocenters. The van der Waals surface area contributed by atoms with Gasteiger partial charge in [0.15, 0.2) is 11.5 Å². The van der Waals surface area contributed by atoms with Gasteiger partial charge in [-0.25, -0.2) is 0 Å². The third kappa shape index (κ3) is 5.47. The molecule has 3 aromatic rings. The molecule has 0 radical (unpaired) electrons. The van der Waals surface area contributed by atoms with E-state index in [2.05, 4.69) is 27.9 Å². The fourth-order valence-corrected chi connectivity index (χ4v) is 3.48. The highest BCUT2D eigenvalue weighted by atomic mass is 127. The molecule has 0 aromatic heterocycles. The average molecular weight is 518 g/mol. The van der Waals surface area contributed by atoms with Gasteiger partial charge in [0.2, 0.25) is 0 Å². The van der Waals surface area contributed by atoms with E-state index in [1.165, 1.54) is 18.2 Å². The zero-order valence-corrected chi connectivity index (χ0v) is 18.3. The standard InChI is InChI=1S/C22H19IN2O5/c1-2-29-21-19(23)11-16(12-20(21)30-14-15-7-4-3-5-8-15)22(26)24-17-9-6-10-18(13-17)25(27)28/h3-13H,2,14H2,1H3,(H,24,26). The molecule has 0 fully saturated rings. The zero-order chi connectivity index (χ0) is 21.5.